The van der Waals surface area contributed by atoms with Gasteiger partial charge in [-0.3, -0.25) is 19.3 Å². The summed E-state index contributed by atoms with van der Waals surface area (Å²) in [6, 6.07) is -1.43. The number of likely N-dealkylation sites (N-methyl/N-ethyl adjacent to an activating group) is 2. The Morgan fingerprint density at radius 2 is 1.65 bits per heavy atom. The van der Waals surface area contributed by atoms with Crippen LogP contribution in [0.25, 0.3) is 0 Å². The van der Waals surface area contributed by atoms with Crippen molar-refractivity contribution in [3.05, 3.63) is 45.2 Å². The normalized spacial score (nSPS) is 19.0. The number of likely N-dealkylation sites (tertiary alicyclic amines) is 1. The van der Waals surface area contributed by atoms with Gasteiger partial charge in [-0.2, -0.15) is 8.78 Å². The van der Waals surface area contributed by atoms with Gasteiger partial charge in [0, 0.05) is 31.8 Å². The van der Waals surface area contributed by atoms with Crippen molar-refractivity contribution in [1.82, 2.24) is 20.1 Å². The van der Waals surface area contributed by atoms with Crippen molar-refractivity contribution in [2.45, 2.75) is 91.0 Å². The van der Waals surface area contributed by atoms with Crippen molar-refractivity contribution < 1.29 is 50.6 Å². The molecule has 2 amide bonds. The number of thiazole rings is 1. The lowest BCUT2D eigenvalue weighted by atomic mass is 9.91. The van der Waals surface area contributed by atoms with Gasteiger partial charge >= 0.3 is 11.9 Å². The minimum Gasteiger partial charge on any atom is -0.455 e. The Kier molecular flexibility index (Phi) is 12.7. The molecule has 1 aliphatic heterocycles. The number of halogens is 5. The standard InChI is InChI=1S/C32H41F5N4O6S/c1-9-16(4)26(39-31(45)32(6)11-10-12-40(32)7)29(43)41(8)19(15(2)3)13-20(46-17(5)42)28-38-18(14-48-28)30(44)47-27-24(36)22(34)21(33)23(35)25(27)37/h14-16,19-20,26H,9-13H2,1-8H3,(H,39,45)/t16?,19-,20-,26+,32-/m1/s1. The van der Waals surface area contributed by atoms with Gasteiger partial charge in [-0.05, 0) is 45.2 Å². The Morgan fingerprint density at radius 1 is 1.06 bits per heavy atom. The summed E-state index contributed by atoms with van der Waals surface area (Å²) in [4.78, 5) is 59.8. The van der Waals surface area contributed by atoms with Crippen LogP contribution in [0.3, 0.4) is 0 Å². The van der Waals surface area contributed by atoms with Crippen molar-refractivity contribution in [2.24, 2.45) is 11.8 Å². The van der Waals surface area contributed by atoms with Gasteiger partial charge < -0.3 is 19.7 Å². The van der Waals surface area contributed by atoms with E-state index in [-0.39, 0.29) is 35.1 Å². The van der Waals surface area contributed by atoms with Gasteiger partial charge in [0.1, 0.15) is 11.0 Å². The number of nitrogens with zero attached hydrogens (tertiary/aromatic N) is 3. The van der Waals surface area contributed by atoms with Crippen molar-refractivity contribution >= 4 is 35.1 Å². The quantitative estimate of drug-likeness (QED) is 0.0949. The second kappa shape index (κ2) is 15.7. The maximum Gasteiger partial charge on any atom is 0.363 e. The second-order valence-electron chi connectivity index (χ2n) is 12.6. The third-order valence-electron chi connectivity index (χ3n) is 9.00. The fourth-order valence-corrected chi connectivity index (χ4v) is 6.42. The van der Waals surface area contributed by atoms with E-state index in [4.69, 9.17) is 4.74 Å². The summed E-state index contributed by atoms with van der Waals surface area (Å²) in [5, 5.41) is 4.14. The number of nitrogens with one attached hydrogen (secondary N) is 1. The van der Waals surface area contributed by atoms with Crippen LogP contribution in [0.15, 0.2) is 5.38 Å². The molecule has 1 unspecified atom stereocenters. The summed E-state index contributed by atoms with van der Waals surface area (Å²) in [5.74, 6) is -16.7. The molecule has 1 saturated heterocycles. The number of aromatic nitrogens is 1. The number of esters is 2. The van der Waals surface area contributed by atoms with Crippen LogP contribution in [0.1, 0.15) is 88.8 Å². The second-order valence-corrected chi connectivity index (χ2v) is 13.5. The zero-order chi connectivity index (χ0) is 36.2. The maximum atomic E-state index is 14.1. The number of rotatable bonds is 13. The van der Waals surface area contributed by atoms with Gasteiger partial charge in [0.05, 0.1) is 5.54 Å². The van der Waals surface area contributed by atoms with Gasteiger partial charge in [-0.15, -0.1) is 11.3 Å². The van der Waals surface area contributed by atoms with Crippen LogP contribution < -0.4 is 10.1 Å². The molecule has 0 radical (unpaired) electrons. The molecule has 1 aliphatic rings. The van der Waals surface area contributed by atoms with Crippen LogP contribution in [0.2, 0.25) is 0 Å². The maximum absolute atomic E-state index is 14.1. The van der Waals surface area contributed by atoms with Crippen molar-refractivity contribution in [3.8, 4) is 5.75 Å². The molecular formula is C32H41F5N4O6S. The molecule has 0 aliphatic carbocycles. The van der Waals surface area contributed by atoms with Crippen molar-refractivity contribution in [3.63, 3.8) is 0 Å². The van der Waals surface area contributed by atoms with E-state index < -0.39 is 76.2 Å². The van der Waals surface area contributed by atoms with E-state index in [0.29, 0.717) is 12.8 Å². The van der Waals surface area contributed by atoms with Crippen LogP contribution in [0, 0.1) is 40.9 Å². The summed E-state index contributed by atoms with van der Waals surface area (Å²) in [7, 11) is 3.45. The highest BCUT2D eigenvalue weighted by Gasteiger charge is 2.44. The summed E-state index contributed by atoms with van der Waals surface area (Å²) >= 11 is 0.817. The third-order valence-corrected chi connectivity index (χ3v) is 9.94. The first-order chi connectivity index (χ1) is 22.3. The molecule has 48 heavy (non-hydrogen) atoms. The van der Waals surface area contributed by atoms with Crippen molar-refractivity contribution in [2.75, 3.05) is 20.6 Å². The van der Waals surface area contributed by atoms with Gasteiger partial charge in [0.15, 0.2) is 11.8 Å². The van der Waals surface area contributed by atoms with Crippen molar-refractivity contribution in [1.29, 1.82) is 0 Å². The van der Waals surface area contributed by atoms with Gasteiger partial charge in [-0.25, -0.2) is 22.9 Å². The molecule has 0 saturated carbocycles. The minimum atomic E-state index is -2.42. The highest BCUT2D eigenvalue weighted by molar-refractivity contribution is 7.09. The molecule has 266 valence electrons. The highest BCUT2D eigenvalue weighted by Crippen LogP contribution is 2.33. The minimum absolute atomic E-state index is 0.000748. The number of amides is 2. The van der Waals surface area contributed by atoms with E-state index in [1.165, 1.54) is 4.90 Å². The molecule has 0 spiro atoms. The van der Waals surface area contributed by atoms with Crippen LogP contribution in [0.5, 0.6) is 5.75 Å². The van der Waals surface area contributed by atoms with Crippen LogP contribution in [-0.4, -0.2) is 76.8 Å². The predicted molar refractivity (Wildman–Crippen MR) is 165 cm³/mol. The Labute approximate surface area is 280 Å². The fraction of sp³-hybridized carbons (Fsp3) is 0.594. The van der Waals surface area contributed by atoms with E-state index in [0.717, 1.165) is 36.6 Å². The largest absolute Gasteiger partial charge is 0.455 e. The number of ether oxygens (including phenoxy) is 2. The molecular weight excluding hydrogens is 663 g/mol. The summed E-state index contributed by atoms with van der Waals surface area (Å²) < 4.78 is 78.8. The molecule has 2 heterocycles. The van der Waals surface area contributed by atoms with Crippen LogP contribution in [0.4, 0.5) is 22.0 Å². The lowest BCUT2D eigenvalue weighted by Gasteiger charge is -2.38. The number of carbonyl (C=O) groups excluding carboxylic acids is 4. The molecule has 1 fully saturated rings. The molecule has 10 nitrogen and oxygen atoms in total. The van der Waals surface area contributed by atoms with E-state index in [2.05, 4.69) is 15.0 Å². The number of benzene rings is 1. The molecule has 2 aromatic rings. The highest BCUT2D eigenvalue weighted by atomic mass is 32.1. The Bertz CT molecular complexity index is 1510. The van der Waals surface area contributed by atoms with E-state index in [1.807, 2.05) is 46.6 Å². The smallest absolute Gasteiger partial charge is 0.363 e. The molecule has 5 atom stereocenters. The number of carbonyl (C=O) groups is 4. The SMILES string of the molecule is CCC(C)[C@H](NC(=O)[C@@]1(C)CCCN1C)C(=O)N(C)[C@H](C[C@@H](OC(C)=O)c1nc(C(=O)Oc2c(F)c(F)c(F)c(F)c2F)cs1)C(C)C. The first-order valence-corrected chi connectivity index (χ1v) is 16.4. The van der Waals surface area contributed by atoms with Crippen LogP contribution >= 0.6 is 11.3 Å². The van der Waals surface area contributed by atoms with Crippen LogP contribution in [-0.2, 0) is 19.1 Å². The lowest BCUT2D eigenvalue weighted by molar-refractivity contribution is -0.149. The Hall–Kier alpha value is -3.66. The fourth-order valence-electron chi connectivity index (χ4n) is 5.59. The summed E-state index contributed by atoms with van der Waals surface area (Å²) in [6.45, 7) is 11.2. The molecule has 1 N–H and O–H groups in total. The number of hydrogen-bond acceptors (Lipinski definition) is 9. The number of hydrogen-bond donors (Lipinski definition) is 1. The zero-order valence-electron chi connectivity index (χ0n) is 28.1. The van der Waals surface area contributed by atoms with Gasteiger partial charge in [0.25, 0.3) is 0 Å². The molecule has 1 aromatic carbocycles. The molecule has 0 bridgehead atoms. The predicted octanol–water partition coefficient (Wildman–Crippen LogP) is 5.55. The van der Waals surface area contributed by atoms with E-state index in [1.54, 1.807) is 7.05 Å². The Morgan fingerprint density at radius 3 is 2.15 bits per heavy atom. The van der Waals surface area contributed by atoms with Gasteiger partial charge in [0.2, 0.25) is 46.6 Å². The van der Waals surface area contributed by atoms with E-state index >= 15 is 0 Å². The average molecular weight is 705 g/mol. The molecule has 1 aromatic heterocycles. The first-order valence-electron chi connectivity index (χ1n) is 15.5. The zero-order valence-corrected chi connectivity index (χ0v) is 28.9. The average Bonchev–Trinajstić information content (AvgIpc) is 3.67. The third kappa shape index (κ3) is 8.13. The topological polar surface area (TPSA) is 118 Å². The first kappa shape index (κ1) is 38.8. The summed E-state index contributed by atoms with van der Waals surface area (Å²) in [5.41, 5.74) is -1.31. The Balaban J connectivity index is 1.87. The molecule has 3 rings (SSSR count). The van der Waals surface area contributed by atoms with Gasteiger partial charge in [-0.1, -0.05) is 34.1 Å². The summed E-state index contributed by atoms with van der Waals surface area (Å²) in [6.07, 6.45) is 0.982. The lowest BCUT2D eigenvalue weighted by Crippen LogP contribution is -2.60. The van der Waals surface area contributed by atoms with E-state index in [9.17, 15) is 41.1 Å². The monoisotopic (exact) mass is 704 g/mol. The molecule has 16 heteroatoms.